The van der Waals surface area contributed by atoms with Crippen LogP contribution in [0.25, 0.3) is 10.9 Å². The van der Waals surface area contributed by atoms with Crippen LogP contribution >= 0.6 is 0 Å². The summed E-state index contributed by atoms with van der Waals surface area (Å²) >= 11 is 0. The van der Waals surface area contributed by atoms with E-state index in [0.29, 0.717) is 35.5 Å². The summed E-state index contributed by atoms with van der Waals surface area (Å²) in [7, 11) is 0. The minimum absolute atomic E-state index is 0.106. The van der Waals surface area contributed by atoms with Gasteiger partial charge in [-0.2, -0.15) is 5.10 Å². The Kier molecular flexibility index (Phi) is 5.09. The van der Waals surface area contributed by atoms with Crippen molar-refractivity contribution < 1.29 is 9.90 Å². The molecule has 0 bridgehead atoms. The number of hydrogen-bond donors (Lipinski definition) is 1. The lowest BCUT2D eigenvalue weighted by Crippen LogP contribution is -2.55. The zero-order valence-electron chi connectivity index (χ0n) is 21.3. The summed E-state index contributed by atoms with van der Waals surface area (Å²) in [5, 5.41) is 16.4. The fraction of sp³-hybridized carbons (Fsp3) is 0.759. The van der Waals surface area contributed by atoms with Crippen LogP contribution in [0.4, 0.5) is 0 Å². The van der Waals surface area contributed by atoms with E-state index in [0.717, 1.165) is 42.0 Å². The van der Waals surface area contributed by atoms with Crippen molar-refractivity contribution in [2.75, 3.05) is 0 Å². The fourth-order valence-electron chi connectivity index (χ4n) is 9.74. The van der Waals surface area contributed by atoms with Crippen molar-refractivity contribution in [2.24, 2.45) is 46.3 Å². The van der Waals surface area contributed by atoms with E-state index >= 15 is 0 Å². The molecule has 1 unspecified atom stereocenters. The Morgan fingerprint density at radius 3 is 2.74 bits per heavy atom. The van der Waals surface area contributed by atoms with Crippen molar-refractivity contribution in [1.82, 2.24) is 14.8 Å². The third kappa shape index (κ3) is 3.32. The van der Waals surface area contributed by atoms with Gasteiger partial charge in [0.1, 0.15) is 5.52 Å². The first-order valence-corrected chi connectivity index (χ1v) is 13.6. The van der Waals surface area contributed by atoms with Gasteiger partial charge >= 0.3 is 0 Å². The molecule has 6 rings (SSSR count). The third-order valence-electron chi connectivity index (χ3n) is 11.3. The molecule has 2 aromatic heterocycles. The summed E-state index contributed by atoms with van der Waals surface area (Å²) in [5.41, 5.74) is 0.846. The number of pyridine rings is 1. The van der Waals surface area contributed by atoms with Gasteiger partial charge in [0, 0.05) is 23.7 Å². The van der Waals surface area contributed by atoms with Gasteiger partial charge in [0.2, 0.25) is 0 Å². The van der Waals surface area contributed by atoms with E-state index in [1.807, 2.05) is 23.9 Å². The van der Waals surface area contributed by atoms with Crippen molar-refractivity contribution in [3.8, 4) is 0 Å². The van der Waals surface area contributed by atoms with Gasteiger partial charge in [0.05, 0.1) is 18.3 Å². The molecule has 0 saturated heterocycles. The molecule has 4 aliphatic carbocycles. The quantitative estimate of drug-likeness (QED) is 0.638. The van der Waals surface area contributed by atoms with E-state index < -0.39 is 5.60 Å². The Morgan fingerprint density at radius 2 is 1.94 bits per heavy atom. The van der Waals surface area contributed by atoms with Crippen molar-refractivity contribution in [3.05, 3.63) is 24.7 Å². The van der Waals surface area contributed by atoms with Gasteiger partial charge in [0.15, 0.2) is 5.78 Å². The highest BCUT2D eigenvalue weighted by molar-refractivity contribution is 5.83. The number of ketones is 1. The molecule has 2 aromatic rings. The number of hydrogen-bond acceptors (Lipinski definition) is 4. The molecule has 0 amide bonds. The lowest BCUT2D eigenvalue weighted by molar-refractivity contribution is -0.151. The summed E-state index contributed by atoms with van der Waals surface area (Å²) in [6.45, 7) is 9.74. The average Bonchev–Trinajstić information content (AvgIpc) is 3.30. The molecule has 0 aliphatic heterocycles. The van der Waals surface area contributed by atoms with Gasteiger partial charge in [-0.1, -0.05) is 20.8 Å². The van der Waals surface area contributed by atoms with Crippen molar-refractivity contribution in [1.29, 1.82) is 0 Å². The molecule has 2 heterocycles. The minimum Gasteiger partial charge on any atom is -0.390 e. The largest absolute Gasteiger partial charge is 0.390 e. The first kappa shape index (κ1) is 22.7. The molecule has 5 heteroatoms. The molecule has 184 valence electrons. The van der Waals surface area contributed by atoms with Crippen LogP contribution < -0.4 is 0 Å². The second kappa shape index (κ2) is 7.62. The number of aromatic nitrogens is 3. The summed E-state index contributed by atoms with van der Waals surface area (Å²) in [5.74, 6) is 3.72. The van der Waals surface area contributed by atoms with E-state index in [-0.39, 0.29) is 11.3 Å². The number of nitrogens with zero attached hydrogens (tertiary/aromatic N) is 3. The topological polar surface area (TPSA) is 68.0 Å². The van der Waals surface area contributed by atoms with E-state index in [1.165, 1.54) is 32.1 Å². The highest BCUT2D eigenvalue weighted by Crippen LogP contribution is 2.69. The summed E-state index contributed by atoms with van der Waals surface area (Å²) in [6.07, 6.45) is 14.8. The minimum atomic E-state index is -0.479. The van der Waals surface area contributed by atoms with E-state index in [2.05, 4.69) is 30.9 Å². The summed E-state index contributed by atoms with van der Waals surface area (Å²) < 4.78 is 1.84. The zero-order valence-corrected chi connectivity index (χ0v) is 21.3. The highest BCUT2D eigenvalue weighted by Gasteiger charge is 2.63. The smallest absolute Gasteiger partial charge is 0.158 e. The SMILES string of the molecule is C[C@@H]1C[C@H]2[C@@H]3CC[C@H]4C[C@](C)(O)CC[C@]4(C)[C@H]3CC[C@]2(C)C1C(=O)Cn1cc2ccncc2n1. The molecule has 9 atom stereocenters. The van der Waals surface area contributed by atoms with Crippen LogP contribution in [0.5, 0.6) is 0 Å². The molecule has 34 heavy (non-hydrogen) atoms. The number of carbonyl (C=O) groups is 1. The van der Waals surface area contributed by atoms with Gasteiger partial charge in [-0.3, -0.25) is 14.5 Å². The maximum Gasteiger partial charge on any atom is 0.158 e. The predicted molar refractivity (Wildman–Crippen MR) is 133 cm³/mol. The molecule has 4 aliphatic rings. The van der Waals surface area contributed by atoms with Crippen molar-refractivity contribution in [2.45, 2.75) is 91.2 Å². The second-order valence-corrected chi connectivity index (χ2v) is 13.3. The van der Waals surface area contributed by atoms with Gasteiger partial charge in [0.25, 0.3) is 0 Å². The molecule has 4 saturated carbocycles. The van der Waals surface area contributed by atoms with Gasteiger partial charge in [-0.05, 0) is 105 Å². The van der Waals surface area contributed by atoms with Crippen LogP contribution in [0.3, 0.4) is 0 Å². The first-order chi connectivity index (χ1) is 16.1. The average molecular weight is 464 g/mol. The number of carbonyl (C=O) groups excluding carboxylic acids is 1. The standard InChI is InChI=1S/C29H41N3O2/c1-18-13-23-21-6-5-20-14-27(2,34)10-11-28(20,3)22(21)7-9-29(23,4)26(18)25(33)17-32-16-19-8-12-30-15-24(19)31-32/h8,12,15-16,18,20-23,26,34H,5-7,9-11,13-14,17H2,1-4H3/t18-,20+,21-,22+,23+,26?,27-,28+,29+/m1/s1. The van der Waals surface area contributed by atoms with Crippen molar-refractivity contribution >= 4 is 16.7 Å². The number of aliphatic hydroxyl groups is 1. The van der Waals surface area contributed by atoms with E-state index in [9.17, 15) is 9.90 Å². The lowest BCUT2D eigenvalue weighted by Gasteiger charge is -2.61. The van der Waals surface area contributed by atoms with Gasteiger partial charge in [-0.15, -0.1) is 0 Å². The second-order valence-electron chi connectivity index (χ2n) is 13.3. The Hall–Kier alpha value is -1.75. The van der Waals surface area contributed by atoms with Crippen LogP contribution in [0.15, 0.2) is 24.7 Å². The van der Waals surface area contributed by atoms with E-state index in [1.54, 1.807) is 12.4 Å². The maximum atomic E-state index is 13.8. The first-order valence-electron chi connectivity index (χ1n) is 13.6. The van der Waals surface area contributed by atoms with Crippen LogP contribution in [0, 0.1) is 46.3 Å². The molecule has 0 aromatic carbocycles. The molecule has 0 radical (unpaired) electrons. The summed E-state index contributed by atoms with van der Waals surface area (Å²) in [6, 6.07) is 1.96. The van der Waals surface area contributed by atoms with Gasteiger partial charge in [-0.25, -0.2) is 0 Å². The van der Waals surface area contributed by atoms with Crippen LogP contribution in [0.1, 0.15) is 79.1 Å². The lowest BCUT2D eigenvalue weighted by atomic mass is 9.44. The molecule has 0 spiro atoms. The maximum absolute atomic E-state index is 13.8. The molecular weight excluding hydrogens is 422 g/mol. The Bertz CT molecular complexity index is 1070. The highest BCUT2D eigenvalue weighted by atomic mass is 16.3. The molecule has 5 nitrogen and oxygen atoms in total. The normalized spacial score (nSPS) is 46.0. The summed E-state index contributed by atoms with van der Waals surface area (Å²) in [4.78, 5) is 17.9. The third-order valence-corrected chi connectivity index (χ3v) is 11.3. The zero-order chi connectivity index (χ0) is 23.9. The van der Waals surface area contributed by atoms with Crippen LogP contribution in [0.2, 0.25) is 0 Å². The predicted octanol–water partition coefficient (Wildman–Crippen LogP) is 5.66. The van der Waals surface area contributed by atoms with Gasteiger partial charge < -0.3 is 5.11 Å². The van der Waals surface area contributed by atoms with Crippen molar-refractivity contribution in [3.63, 3.8) is 0 Å². The number of rotatable bonds is 3. The number of Topliss-reactive ketones (excluding diaryl/α,β-unsaturated/α-hetero) is 1. The van der Waals surface area contributed by atoms with E-state index in [4.69, 9.17) is 0 Å². The number of fused-ring (bicyclic) bond motifs is 6. The fourth-order valence-corrected chi connectivity index (χ4v) is 9.74. The monoisotopic (exact) mass is 463 g/mol. The Morgan fingerprint density at radius 1 is 1.12 bits per heavy atom. The molecule has 1 N–H and O–H groups in total. The Labute approximate surface area is 203 Å². The Balaban J connectivity index is 1.24. The molecule has 4 fully saturated rings. The molecular formula is C29H41N3O2. The van der Waals surface area contributed by atoms with Crippen LogP contribution in [-0.2, 0) is 11.3 Å². The van der Waals surface area contributed by atoms with Crippen LogP contribution in [-0.4, -0.2) is 31.3 Å².